The van der Waals surface area contributed by atoms with Gasteiger partial charge in [-0.25, -0.2) is 4.98 Å². The lowest BCUT2D eigenvalue weighted by atomic mass is 10.0. The summed E-state index contributed by atoms with van der Waals surface area (Å²) < 4.78 is 47.6. The SMILES string of the molecule is C[C@@H](Oc1cc(-n2cnc3cc(CO)ncc32)sc1C(N)=O)c1ccccc1C(F)(F)F. The molecule has 0 aliphatic rings. The molecule has 4 aromatic rings. The summed E-state index contributed by atoms with van der Waals surface area (Å²) in [4.78, 5) is 20.5. The molecule has 0 aliphatic carbocycles. The van der Waals surface area contributed by atoms with Gasteiger partial charge >= 0.3 is 6.18 Å². The Bertz CT molecular complexity index is 1300. The van der Waals surface area contributed by atoms with Crippen molar-refractivity contribution in [2.75, 3.05) is 0 Å². The lowest BCUT2D eigenvalue weighted by Gasteiger charge is -2.19. The number of rotatable bonds is 6. The van der Waals surface area contributed by atoms with Gasteiger partial charge in [0.25, 0.3) is 5.91 Å². The lowest BCUT2D eigenvalue weighted by molar-refractivity contribution is -0.138. The number of aromatic nitrogens is 3. The molecule has 0 saturated carbocycles. The summed E-state index contributed by atoms with van der Waals surface area (Å²) in [6, 6.07) is 8.26. The second kappa shape index (κ2) is 8.24. The van der Waals surface area contributed by atoms with Crippen LogP contribution >= 0.6 is 11.3 Å². The summed E-state index contributed by atoms with van der Waals surface area (Å²) in [6.07, 6.45) is -2.51. The molecule has 3 N–H and O–H groups in total. The highest BCUT2D eigenvalue weighted by atomic mass is 32.1. The topological polar surface area (TPSA) is 103 Å². The maximum Gasteiger partial charge on any atom is 0.416 e. The van der Waals surface area contributed by atoms with Crippen LogP contribution in [0.1, 0.15) is 39.5 Å². The van der Waals surface area contributed by atoms with Crippen LogP contribution in [-0.4, -0.2) is 25.5 Å². The fourth-order valence-corrected chi connectivity index (χ4v) is 4.24. The van der Waals surface area contributed by atoms with Crippen LogP contribution in [0.5, 0.6) is 5.75 Å². The first-order valence-corrected chi connectivity index (χ1v) is 10.2. The van der Waals surface area contributed by atoms with Gasteiger partial charge in [0.1, 0.15) is 28.1 Å². The van der Waals surface area contributed by atoms with Gasteiger partial charge in [-0.1, -0.05) is 18.2 Å². The van der Waals surface area contributed by atoms with Crippen molar-refractivity contribution in [1.82, 2.24) is 14.5 Å². The molecular formula is C21H17F3N4O3S. The monoisotopic (exact) mass is 462 g/mol. The molecule has 3 heterocycles. The van der Waals surface area contributed by atoms with Gasteiger partial charge in [-0.05, 0) is 19.1 Å². The minimum absolute atomic E-state index is 0.0583. The molecule has 0 bridgehead atoms. The maximum absolute atomic E-state index is 13.4. The Labute approximate surface area is 183 Å². The Morgan fingerprint density at radius 3 is 2.72 bits per heavy atom. The van der Waals surface area contributed by atoms with Crippen molar-refractivity contribution in [3.8, 4) is 10.8 Å². The summed E-state index contributed by atoms with van der Waals surface area (Å²) in [5, 5.41) is 9.76. The molecule has 166 valence electrons. The predicted molar refractivity (Wildman–Crippen MR) is 112 cm³/mol. The van der Waals surface area contributed by atoms with Crippen LogP contribution in [0.3, 0.4) is 0 Å². The summed E-state index contributed by atoms with van der Waals surface area (Å²) in [6.45, 7) is 1.24. The molecule has 1 aromatic carbocycles. The maximum atomic E-state index is 13.4. The Morgan fingerprint density at radius 1 is 1.28 bits per heavy atom. The number of fused-ring (bicyclic) bond motifs is 1. The van der Waals surface area contributed by atoms with E-state index < -0.39 is 23.8 Å². The fraction of sp³-hybridized carbons (Fsp3) is 0.190. The average molecular weight is 462 g/mol. The van der Waals surface area contributed by atoms with Crippen LogP contribution in [0.2, 0.25) is 0 Å². The second-order valence-corrected chi connectivity index (χ2v) is 7.96. The minimum Gasteiger partial charge on any atom is -0.484 e. The number of hydrogen-bond donors (Lipinski definition) is 2. The second-order valence-electron chi connectivity index (χ2n) is 6.92. The summed E-state index contributed by atoms with van der Waals surface area (Å²) in [7, 11) is 0. The minimum atomic E-state index is -4.54. The molecule has 11 heteroatoms. The number of aliphatic hydroxyl groups is 1. The Balaban J connectivity index is 1.72. The van der Waals surface area contributed by atoms with E-state index in [0.717, 1.165) is 17.4 Å². The number of benzene rings is 1. The number of nitrogens with zero attached hydrogens (tertiary/aromatic N) is 3. The molecule has 3 aromatic heterocycles. The number of carbonyl (C=O) groups excluding carboxylic acids is 1. The van der Waals surface area contributed by atoms with E-state index in [1.54, 1.807) is 10.6 Å². The smallest absolute Gasteiger partial charge is 0.416 e. The lowest BCUT2D eigenvalue weighted by Crippen LogP contribution is -2.15. The van der Waals surface area contributed by atoms with Gasteiger partial charge in [-0.15, -0.1) is 11.3 Å². The van der Waals surface area contributed by atoms with Gasteiger partial charge in [0, 0.05) is 11.6 Å². The van der Waals surface area contributed by atoms with Gasteiger partial charge in [-0.2, -0.15) is 13.2 Å². The van der Waals surface area contributed by atoms with Gasteiger partial charge in [0.2, 0.25) is 0 Å². The molecule has 32 heavy (non-hydrogen) atoms. The van der Waals surface area contributed by atoms with Crippen molar-refractivity contribution < 1.29 is 27.8 Å². The molecule has 0 spiro atoms. The number of alkyl halides is 3. The van der Waals surface area contributed by atoms with E-state index in [9.17, 15) is 23.1 Å². The largest absolute Gasteiger partial charge is 0.484 e. The predicted octanol–water partition coefficient (Wildman–Crippen LogP) is 4.23. The molecule has 0 saturated heterocycles. The van der Waals surface area contributed by atoms with E-state index in [-0.39, 0.29) is 22.8 Å². The van der Waals surface area contributed by atoms with Crippen molar-refractivity contribution in [2.45, 2.75) is 25.8 Å². The normalized spacial score (nSPS) is 12.8. The van der Waals surface area contributed by atoms with Gasteiger partial charge in [-0.3, -0.25) is 14.3 Å². The number of imidazole rings is 1. The Hall–Kier alpha value is -3.44. The number of pyridine rings is 1. The Morgan fingerprint density at radius 2 is 2.03 bits per heavy atom. The average Bonchev–Trinajstić information content (AvgIpc) is 3.36. The van der Waals surface area contributed by atoms with Gasteiger partial charge in [0.05, 0.1) is 35.1 Å². The highest BCUT2D eigenvalue weighted by Gasteiger charge is 2.35. The number of ether oxygens (including phenoxy) is 1. The first-order chi connectivity index (χ1) is 15.2. The standard InChI is InChI=1S/C21H17F3N4O3S/c1-11(13-4-2-3-5-14(13)21(22,23)24)31-17-7-18(32-19(17)20(25)30)28-10-27-15-6-12(9-29)26-8-16(15)28/h2-8,10-11,29H,9H2,1H3,(H2,25,30)/t11-/m1/s1. The first-order valence-electron chi connectivity index (χ1n) is 9.38. The quantitative estimate of drug-likeness (QED) is 0.446. The summed E-state index contributed by atoms with van der Waals surface area (Å²) in [5.41, 5.74) is 6.26. The van der Waals surface area contributed by atoms with Gasteiger partial charge < -0.3 is 15.6 Å². The van der Waals surface area contributed by atoms with Crippen LogP contribution < -0.4 is 10.5 Å². The first kappa shape index (κ1) is 21.8. The zero-order chi connectivity index (χ0) is 23.0. The molecule has 4 rings (SSSR count). The number of primary amides is 1. The zero-order valence-electron chi connectivity index (χ0n) is 16.6. The van der Waals surface area contributed by atoms with Crippen LogP contribution in [0.4, 0.5) is 13.2 Å². The third-order valence-corrected chi connectivity index (χ3v) is 5.94. The number of carbonyl (C=O) groups is 1. The molecule has 0 unspecified atom stereocenters. The van der Waals surface area contributed by atoms with Crippen molar-refractivity contribution in [2.24, 2.45) is 5.73 Å². The number of halogens is 3. The van der Waals surface area contributed by atoms with E-state index in [2.05, 4.69) is 9.97 Å². The van der Waals surface area contributed by atoms with Crippen molar-refractivity contribution in [3.05, 3.63) is 70.6 Å². The van der Waals surface area contributed by atoms with E-state index in [1.807, 2.05) is 0 Å². The van der Waals surface area contributed by atoms with Crippen LogP contribution in [0, 0.1) is 0 Å². The van der Waals surface area contributed by atoms with E-state index in [1.165, 1.54) is 43.7 Å². The van der Waals surface area contributed by atoms with Crippen LogP contribution in [0.15, 0.2) is 48.9 Å². The number of amides is 1. The third-order valence-electron chi connectivity index (χ3n) is 4.81. The zero-order valence-corrected chi connectivity index (χ0v) is 17.4. The van der Waals surface area contributed by atoms with Crippen LogP contribution in [-0.2, 0) is 12.8 Å². The molecule has 0 aliphatic heterocycles. The number of nitrogens with two attached hydrogens (primary N) is 1. The van der Waals surface area contributed by atoms with Gasteiger partial charge in [0.15, 0.2) is 0 Å². The summed E-state index contributed by atoms with van der Waals surface area (Å²) in [5.74, 6) is -0.693. The van der Waals surface area contributed by atoms with E-state index >= 15 is 0 Å². The molecule has 7 nitrogen and oxygen atoms in total. The van der Waals surface area contributed by atoms with E-state index in [4.69, 9.17) is 10.5 Å². The highest BCUT2D eigenvalue weighted by molar-refractivity contribution is 7.16. The number of aliphatic hydroxyl groups excluding tert-OH is 1. The molecule has 1 atom stereocenters. The molecule has 0 fully saturated rings. The van der Waals surface area contributed by atoms with Crippen molar-refractivity contribution in [1.29, 1.82) is 0 Å². The number of thiophene rings is 1. The van der Waals surface area contributed by atoms with Crippen molar-refractivity contribution >= 4 is 28.3 Å². The van der Waals surface area contributed by atoms with Crippen molar-refractivity contribution in [3.63, 3.8) is 0 Å². The Kier molecular flexibility index (Phi) is 5.61. The summed E-state index contributed by atoms with van der Waals surface area (Å²) >= 11 is 1.02. The fourth-order valence-electron chi connectivity index (χ4n) is 3.32. The third kappa shape index (κ3) is 4.04. The molecular weight excluding hydrogens is 445 g/mol. The highest BCUT2D eigenvalue weighted by Crippen LogP contribution is 2.39. The molecule has 1 amide bonds. The molecule has 0 radical (unpaired) electrons. The van der Waals surface area contributed by atoms with Crippen LogP contribution in [0.25, 0.3) is 16.0 Å². The van der Waals surface area contributed by atoms with E-state index in [0.29, 0.717) is 21.7 Å². The number of hydrogen-bond acceptors (Lipinski definition) is 6.